The lowest BCUT2D eigenvalue weighted by Crippen LogP contribution is -2.58. The van der Waals surface area contributed by atoms with Gasteiger partial charge >= 0.3 is 11.9 Å². The molecule has 13 nitrogen and oxygen atoms in total. The smallest absolute Gasteiger partial charge is 0.326 e. The third kappa shape index (κ3) is 10.9. The number of nitrogens with two attached hydrogens (primary N) is 1. The van der Waals surface area contributed by atoms with Gasteiger partial charge in [0.25, 0.3) is 0 Å². The van der Waals surface area contributed by atoms with Crippen molar-refractivity contribution in [1.82, 2.24) is 25.9 Å². The van der Waals surface area contributed by atoms with E-state index in [1.165, 1.54) is 12.5 Å². The van der Waals surface area contributed by atoms with E-state index in [9.17, 15) is 29.1 Å². The average Bonchev–Trinajstić information content (AvgIpc) is 3.38. The summed E-state index contributed by atoms with van der Waals surface area (Å²) in [5, 5.41) is 26.1. The van der Waals surface area contributed by atoms with Gasteiger partial charge in [-0.15, -0.1) is 0 Å². The number of aliphatic carboxylic acids is 2. The summed E-state index contributed by atoms with van der Waals surface area (Å²) in [7, 11) is 0. The van der Waals surface area contributed by atoms with Gasteiger partial charge in [-0.3, -0.25) is 19.2 Å². The van der Waals surface area contributed by atoms with Crippen molar-refractivity contribution in [3.8, 4) is 0 Å². The van der Waals surface area contributed by atoms with Crippen molar-refractivity contribution < 1.29 is 34.2 Å². The van der Waals surface area contributed by atoms with Crippen LogP contribution in [0.5, 0.6) is 0 Å². The number of benzene rings is 1. The van der Waals surface area contributed by atoms with Crippen molar-refractivity contribution in [1.29, 1.82) is 0 Å². The molecule has 1 heterocycles. The monoisotopic (exact) mass is 544 g/mol. The van der Waals surface area contributed by atoms with E-state index in [-0.39, 0.29) is 31.6 Å². The Morgan fingerprint density at radius 1 is 0.897 bits per heavy atom. The second-order valence-electron chi connectivity index (χ2n) is 9.66. The SMILES string of the molecule is CC(C)CC(NC(=O)C(CCC(=O)O)NC(=O)C(Cc1cnc[nH]1)NC(=O)C(N)Cc1ccccc1)C(=O)O. The van der Waals surface area contributed by atoms with Gasteiger partial charge in [-0.2, -0.15) is 0 Å². The molecule has 13 heteroatoms. The van der Waals surface area contributed by atoms with Crippen molar-refractivity contribution in [2.75, 3.05) is 0 Å². The maximum absolute atomic E-state index is 13.3. The van der Waals surface area contributed by atoms with Gasteiger partial charge in [-0.1, -0.05) is 44.2 Å². The molecule has 2 rings (SSSR count). The van der Waals surface area contributed by atoms with E-state index in [2.05, 4.69) is 25.9 Å². The summed E-state index contributed by atoms with van der Waals surface area (Å²) in [5.41, 5.74) is 7.42. The number of carbonyl (C=O) groups is 5. The Bertz CT molecular complexity index is 1110. The highest BCUT2D eigenvalue weighted by Crippen LogP contribution is 2.08. The van der Waals surface area contributed by atoms with Crippen molar-refractivity contribution >= 4 is 29.7 Å². The van der Waals surface area contributed by atoms with Crippen molar-refractivity contribution in [3.05, 3.63) is 54.1 Å². The minimum absolute atomic E-state index is 0.0198. The molecule has 0 aliphatic carbocycles. The summed E-state index contributed by atoms with van der Waals surface area (Å²) in [4.78, 5) is 68.7. The van der Waals surface area contributed by atoms with E-state index in [0.717, 1.165) is 5.56 Å². The number of nitrogens with zero attached hydrogens (tertiary/aromatic N) is 1. The fourth-order valence-electron chi connectivity index (χ4n) is 3.84. The lowest BCUT2D eigenvalue weighted by Gasteiger charge is -2.25. The number of carboxylic acids is 2. The standard InChI is InChI=1S/C26H36N6O7/c1-15(2)10-21(26(38)39)32-24(36)19(8-9-22(33)34)30-25(37)20(12-17-13-28-14-29-17)31-23(35)18(27)11-16-6-4-3-5-7-16/h3-7,13-15,18-21H,8-12,27H2,1-2H3,(H,28,29)(H,30,37)(H,31,35)(H,32,36)(H,33,34)(H,38,39). The zero-order valence-corrected chi connectivity index (χ0v) is 21.9. The lowest BCUT2D eigenvalue weighted by atomic mass is 10.0. The van der Waals surface area contributed by atoms with Gasteiger partial charge in [0.05, 0.1) is 12.4 Å². The van der Waals surface area contributed by atoms with Crippen LogP contribution in [-0.2, 0) is 36.8 Å². The van der Waals surface area contributed by atoms with Crippen LogP contribution in [-0.4, -0.2) is 74.0 Å². The van der Waals surface area contributed by atoms with Crippen LogP contribution in [0.1, 0.15) is 44.4 Å². The molecule has 39 heavy (non-hydrogen) atoms. The van der Waals surface area contributed by atoms with Crippen LogP contribution in [0.2, 0.25) is 0 Å². The number of hydrogen-bond acceptors (Lipinski definition) is 7. The number of nitrogens with one attached hydrogen (secondary N) is 4. The van der Waals surface area contributed by atoms with Gasteiger partial charge in [0.2, 0.25) is 17.7 Å². The lowest BCUT2D eigenvalue weighted by molar-refractivity contribution is -0.143. The van der Waals surface area contributed by atoms with E-state index >= 15 is 0 Å². The highest BCUT2D eigenvalue weighted by Gasteiger charge is 2.31. The second kappa shape index (κ2) is 15.2. The zero-order chi connectivity index (χ0) is 28.9. The summed E-state index contributed by atoms with van der Waals surface area (Å²) < 4.78 is 0. The molecule has 1 aromatic heterocycles. The van der Waals surface area contributed by atoms with Gasteiger partial charge in [0, 0.05) is 24.7 Å². The number of amides is 3. The molecule has 4 atom stereocenters. The highest BCUT2D eigenvalue weighted by atomic mass is 16.4. The predicted octanol–water partition coefficient (Wildman–Crippen LogP) is -0.0279. The van der Waals surface area contributed by atoms with Crippen molar-refractivity contribution in [3.63, 3.8) is 0 Å². The van der Waals surface area contributed by atoms with E-state index in [0.29, 0.717) is 5.69 Å². The predicted molar refractivity (Wildman–Crippen MR) is 140 cm³/mol. The Morgan fingerprint density at radius 2 is 1.51 bits per heavy atom. The molecular weight excluding hydrogens is 508 g/mol. The number of hydrogen-bond donors (Lipinski definition) is 7. The first-order valence-corrected chi connectivity index (χ1v) is 12.6. The van der Waals surface area contributed by atoms with E-state index < -0.39 is 60.2 Å². The molecule has 0 fully saturated rings. The molecule has 0 saturated carbocycles. The van der Waals surface area contributed by atoms with Gasteiger partial charge in [0.15, 0.2) is 0 Å². The Labute approximate surface area is 226 Å². The summed E-state index contributed by atoms with van der Waals surface area (Å²) in [6.07, 6.45) is 2.46. The third-order valence-electron chi connectivity index (χ3n) is 5.85. The van der Waals surface area contributed by atoms with E-state index in [4.69, 9.17) is 10.8 Å². The normalized spacial score (nSPS) is 14.1. The van der Waals surface area contributed by atoms with Crippen LogP contribution in [0.4, 0.5) is 0 Å². The van der Waals surface area contributed by atoms with Crippen molar-refractivity contribution in [2.24, 2.45) is 11.7 Å². The fraction of sp³-hybridized carbons (Fsp3) is 0.462. The molecule has 3 amide bonds. The highest BCUT2D eigenvalue weighted by molar-refractivity contribution is 5.94. The van der Waals surface area contributed by atoms with Crippen LogP contribution in [0.15, 0.2) is 42.9 Å². The van der Waals surface area contributed by atoms with Crippen LogP contribution >= 0.6 is 0 Å². The quantitative estimate of drug-likeness (QED) is 0.151. The van der Waals surface area contributed by atoms with E-state index in [1.54, 1.807) is 13.8 Å². The number of imidazole rings is 1. The van der Waals surface area contributed by atoms with Crippen molar-refractivity contribution in [2.45, 2.75) is 70.1 Å². The van der Waals surface area contributed by atoms with Gasteiger partial charge < -0.3 is 36.9 Å². The number of aromatic nitrogens is 2. The maximum Gasteiger partial charge on any atom is 0.326 e. The zero-order valence-electron chi connectivity index (χ0n) is 21.9. The first kappa shape index (κ1) is 31.0. The Balaban J connectivity index is 2.19. The number of rotatable bonds is 16. The molecular formula is C26H36N6O7. The number of aromatic amines is 1. The molecule has 0 aliphatic heterocycles. The molecule has 2 aromatic rings. The van der Waals surface area contributed by atoms with Gasteiger partial charge in [-0.25, -0.2) is 9.78 Å². The summed E-state index contributed by atoms with van der Waals surface area (Å²) >= 11 is 0. The number of carboxylic acid groups (broad SMARTS) is 2. The molecule has 0 saturated heterocycles. The molecule has 4 unspecified atom stereocenters. The molecule has 0 aliphatic rings. The molecule has 0 spiro atoms. The average molecular weight is 545 g/mol. The third-order valence-corrected chi connectivity index (χ3v) is 5.85. The van der Waals surface area contributed by atoms with Gasteiger partial charge in [0.1, 0.15) is 18.1 Å². The molecule has 1 aromatic carbocycles. The number of H-pyrrole nitrogens is 1. The first-order chi connectivity index (χ1) is 18.5. The molecule has 0 bridgehead atoms. The summed E-state index contributed by atoms with van der Waals surface area (Å²) in [5.74, 6) is -4.72. The largest absolute Gasteiger partial charge is 0.481 e. The van der Waals surface area contributed by atoms with Gasteiger partial charge in [-0.05, 0) is 30.7 Å². The first-order valence-electron chi connectivity index (χ1n) is 12.6. The Morgan fingerprint density at radius 3 is 2.08 bits per heavy atom. The molecule has 0 radical (unpaired) electrons. The van der Waals surface area contributed by atoms with Crippen LogP contribution in [0.25, 0.3) is 0 Å². The summed E-state index contributed by atoms with van der Waals surface area (Å²) in [6.45, 7) is 3.58. The van der Waals surface area contributed by atoms with E-state index in [1.807, 2.05) is 30.3 Å². The molecule has 8 N–H and O–H groups in total. The second-order valence-corrected chi connectivity index (χ2v) is 9.66. The Hall–Kier alpha value is -4.26. The topological polar surface area (TPSA) is 217 Å². The number of carbonyl (C=O) groups excluding carboxylic acids is 3. The molecule has 212 valence electrons. The van der Waals surface area contributed by atoms with Crippen LogP contribution < -0.4 is 21.7 Å². The van der Waals surface area contributed by atoms with Crippen LogP contribution in [0.3, 0.4) is 0 Å². The Kier molecular flexibility index (Phi) is 12.1. The minimum atomic E-state index is -1.36. The summed E-state index contributed by atoms with van der Waals surface area (Å²) in [6, 6.07) is 4.35. The minimum Gasteiger partial charge on any atom is -0.481 e. The maximum atomic E-state index is 13.3. The fourth-order valence-corrected chi connectivity index (χ4v) is 3.84. The van der Waals surface area contributed by atoms with Crippen LogP contribution in [0, 0.1) is 5.92 Å².